The lowest BCUT2D eigenvalue weighted by molar-refractivity contribution is 0.0946. The average molecular weight is 199 g/mol. The Morgan fingerprint density at radius 2 is 2.31 bits per heavy atom. The van der Waals surface area contributed by atoms with Crippen LogP contribution in [-0.2, 0) is 11.2 Å². The second-order valence-corrected chi connectivity index (χ2v) is 3.93. The van der Waals surface area contributed by atoms with Gasteiger partial charge in [-0.3, -0.25) is 0 Å². The summed E-state index contributed by atoms with van der Waals surface area (Å²) in [4.78, 5) is 4.51. The van der Waals surface area contributed by atoms with Gasteiger partial charge in [0.2, 0.25) is 0 Å². The van der Waals surface area contributed by atoms with E-state index >= 15 is 0 Å². The van der Waals surface area contributed by atoms with Crippen LogP contribution in [0.2, 0.25) is 0 Å². The van der Waals surface area contributed by atoms with Gasteiger partial charge in [-0.2, -0.15) is 0 Å². The molecule has 0 aliphatic carbocycles. The summed E-state index contributed by atoms with van der Waals surface area (Å²) in [5.74, 6) is 0. The Labute approximate surface area is 84.0 Å². The highest BCUT2D eigenvalue weighted by molar-refractivity contribution is 7.09. The van der Waals surface area contributed by atoms with Crippen LogP contribution in [0, 0.1) is 0 Å². The van der Waals surface area contributed by atoms with E-state index in [4.69, 9.17) is 4.74 Å². The molecule has 0 saturated heterocycles. The topological polar surface area (TPSA) is 22.1 Å². The molecule has 1 unspecified atom stereocenters. The van der Waals surface area contributed by atoms with E-state index in [0.29, 0.717) is 0 Å². The summed E-state index contributed by atoms with van der Waals surface area (Å²) >= 11 is 1.71. The molecule has 13 heavy (non-hydrogen) atoms. The molecule has 0 spiro atoms. The molecule has 1 aromatic rings. The summed E-state index contributed by atoms with van der Waals surface area (Å²) < 4.78 is 5.38. The van der Waals surface area contributed by atoms with Gasteiger partial charge in [0.1, 0.15) is 11.1 Å². The van der Waals surface area contributed by atoms with E-state index in [2.05, 4.69) is 24.2 Å². The maximum absolute atomic E-state index is 5.38. The zero-order valence-electron chi connectivity index (χ0n) is 8.54. The zero-order valence-corrected chi connectivity index (χ0v) is 9.36. The fraction of sp³-hybridized carbons (Fsp3) is 0.700. The molecular weight excluding hydrogens is 182 g/mol. The molecule has 0 saturated carbocycles. The van der Waals surface area contributed by atoms with Gasteiger partial charge in [0, 0.05) is 12.5 Å². The van der Waals surface area contributed by atoms with E-state index in [1.165, 1.54) is 5.69 Å². The lowest BCUT2D eigenvalue weighted by Gasteiger charge is -2.10. The van der Waals surface area contributed by atoms with Crippen molar-refractivity contribution in [3.63, 3.8) is 0 Å². The van der Waals surface area contributed by atoms with E-state index in [0.717, 1.165) is 24.3 Å². The SMILES string of the molecule is CCCC(OC)c1nc(CC)cs1. The first-order valence-electron chi connectivity index (χ1n) is 4.78. The molecule has 0 amide bonds. The monoisotopic (exact) mass is 199 g/mol. The van der Waals surface area contributed by atoms with Gasteiger partial charge in [0.15, 0.2) is 0 Å². The van der Waals surface area contributed by atoms with Crippen LogP contribution in [0.1, 0.15) is 43.5 Å². The number of hydrogen-bond donors (Lipinski definition) is 0. The highest BCUT2D eigenvalue weighted by atomic mass is 32.1. The van der Waals surface area contributed by atoms with Crippen molar-refractivity contribution < 1.29 is 4.74 Å². The molecule has 0 aliphatic rings. The van der Waals surface area contributed by atoms with Crippen LogP contribution in [0.3, 0.4) is 0 Å². The molecule has 2 nitrogen and oxygen atoms in total. The first-order valence-corrected chi connectivity index (χ1v) is 5.66. The number of aryl methyl sites for hydroxylation is 1. The quantitative estimate of drug-likeness (QED) is 0.726. The van der Waals surface area contributed by atoms with Crippen LogP contribution < -0.4 is 0 Å². The highest BCUT2D eigenvalue weighted by Gasteiger charge is 2.12. The molecule has 0 aliphatic heterocycles. The van der Waals surface area contributed by atoms with Crippen molar-refractivity contribution in [1.29, 1.82) is 0 Å². The third-order valence-corrected chi connectivity index (χ3v) is 3.03. The maximum atomic E-state index is 5.38. The molecule has 1 atom stereocenters. The predicted octanol–water partition coefficient (Wildman–Crippen LogP) is 3.19. The molecule has 1 heterocycles. The van der Waals surface area contributed by atoms with Crippen LogP contribution in [0.4, 0.5) is 0 Å². The van der Waals surface area contributed by atoms with E-state index < -0.39 is 0 Å². The van der Waals surface area contributed by atoms with Crippen LogP contribution >= 0.6 is 11.3 Å². The van der Waals surface area contributed by atoms with E-state index in [-0.39, 0.29) is 6.10 Å². The summed E-state index contributed by atoms with van der Waals surface area (Å²) in [6.45, 7) is 4.29. The van der Waals surface area contributed by atoms with Crippen LogP contribution in [0.15, 0.2) is 5.38 Å². The number of methoxy groups -OCH3 is 1. The van der Waals surface area contributed by atoms with Gasteiger partial charge in [-0.05, 0) is 12.8 Å². The number of ether oxygens (including phenoxy) is 1. The van der Waals surface area contributed by atoms with Crippen molar-refractivity contribution in [2.24, 2.45) is 0 Å². The number of rotatable bonds is 5. The Kier molecular flexibility index (Phi) is 4.39. The lowest BCUT2D eigenvalue weighted by atomic mass is 10.2. The summed E-state index contributed by atoms with van der Waals surface area (Å²) in [6.07, 6.45) is 3.42. The van der Waals surface area contributed by atoms with Crippen molar-refractivity contribution in [3.05, 3.63) is 16.1 Å². The highest BCUT2D eigenvalue weighted by Crippen LogP contribution is 2.25. The Bertz CT molecular complexity index is 247. The van der Waals surface area contributed by atoms with Gasteiger partial charge < -0.3 is 4.74 Å². The predicted molar refractivity (Wildman–Crippen MR) is 56.2 cm³/mol. The Morgan fingerprint density at radius 3 is 2.77 bits per heavy atom. The van der Waals surface area contributed by atoms with Gasteiger partial charge >= 0.3 is 0 Å². The first-order chi connectivity index (χ1) is 6.31. The third kappa shape index (κ3) is 2.78. The second kappa shape index (κ2) is 5.35. The van der Waals surface area contributed by atoms with Gasteiger partial charge in [-0.1, -0.05) is 20.3 Å². The fourth-order valence-electron chi connectivity index (χ4n) is 1.24. The third-order valence-electron chi connectivity index (χ3n) is 2.04. The maximum Gasteiger partial charge on any atom is 0.122 e. The summed E-state index contributed by atoms with van der Waals surface area (Å²) in [5, 5.41) is 3.25. The van der Waals surface area contributed by atoms with Crippen molar-refractivity contribution in [2.45, 2.75) is 39.2 Å². The molecular formula is C10H17NOS. The standard InChI is InChI=1S/C10H17NOS/c1-4-6-9(12-3)10-11-8(5-2)7-13-10/h7,9H,4-6H2,1-3H3. The molecule has 0 N–H and O–H groups in total. The summed E-state index contributed by atoms with van der Waals surface area (Å²) in [7, 11) is 1.76. The molecule has 0 fully saturated rings. The van der Waals surface area contributed by atoms with Gasteiger partial charge in [0.05, 0.1) is 5.69 Å². The second-order valence-electron chi connectivity index (χ2n) is 3.04. The minimum Gasteiger partial charge on any atom is -0.374 e. The molecule has 1 aromatic heterocycles. The van der Waals surface area contributed by atoms with Gasteiger partial charge in [-0.25, -0.2) is 4.98 Å². The van der Waals surface area contributed by atoms with E-state index in [1.807, 2.05) is 0 Å². The molecule has 0 radical (unpaired) electrons. The molecule has 0 bridgehead atoms. The van der Waals surface area contributed by atoms with Crippen molar-refractivity contribution in [1.82, 2.24) is 4.98 Å². The summed E-state index contributed by atoms with van der Waals surface area (Å²) in [6, 6.07) is 0. The number of hydrogen-bond acceptors (Lipinski definition) is 3. The number of nitrogens with zero attached hydrogens (tertiary/aromatic N) is 1. The van der Waals surface area contributed by atoms with Gasteiger partial charge in [-0.15, -0.1) is 11.3 Å². The minimum atomic E-state index is 0.204. The molecule has 1 rings (SSSR count). The fourth-order valence-corrected chi connectivity index (χ4v) is 2.25. The largest absolute Gasteiger partial charge is 0.374 e. The Balaban J connectivity index is 2.67. The van der Waals surface area contributed by atoms with Crippen molar-refractivity contribution >= 4 is 11.3 Å². The van der Waals surface area contributed by atoms with Crippen LogP contribution in [0.25, 0.3) is 0 Å². The zero-order chi connectivity index (χ0) is 9.68. The summed E-state index contributed by atoms with van der Waals surface area (Å²) in [5.41, 5.74) is 1.18. The normalized spacial score (nSPS) is 13.2. The van der Waals surface area contributed by atoms with Crippen molar-refractivity contribution in [2.75, 3.05) is 7.11 Å². The lowest BCUT2D eigenvalue weighted by Crippen LogP contribution is -2.00. The average Bonchev–Trinajstić information content (AvgIpc) is 2.62. The van der Waals surface area contributed by atoms with Crippen molar-refractivity contribution in [3.8, 4) is 0 Å². The number of thiazole rings is 1. The molecule has 3 heteroatoms. The first kappa shape index (κ1) is 10.7. The van der Waals surface area contributed by atoms with Crippen LogP contribution in [0.5, 0.6) is 0 Å². The number of aromatic nitrogens is 1. The Hall–Kier alpha value is -0.410. The Morgan fingerprint density at radius 1 is 1.54 bits per heavy atom. The minimum absolute atomic E-state index is 0.204. The molecule has 74 valence electrons. The van der Waals surface area contributed by atoms with Crippen LogP contribution in [-0.4, -0.2) is 12.1 Å². The smallest absolute Gasteiger partial charge is 0.122 e. The van der Waals surface area contributed by atoms with E-state index in [9.17, 15) is 0 Å². The molecule has 0 aromatic carbocycles. The van der Waals surface area contributed by atoms with Gasteiger partial charge in [0.25, 0.3) is 0 Å². The van der Waals surface area contributed by atoms with E-state index in [1.54, 1.807) is 18.4 Å².